The fraction of sp³-hybridized carbons (Fsp3) is 0.647. The van der Waals surface area contributed by atoms with Gasteiger partial charge < -0.3 is 5.32 Å². The number of nitrogens with zero attached hydrogens (tertiary/aromatic N) is 1. The Morgan fingerprint density at radius 2 is 2.00 bits per heavy atom. The molecule has 3 heteroatoms. The monoisotopic (exact) mass is 294 g/mol. The maximum atomic E-state index is 6.33. The highest BCUT2D eigenvalue weighted by Gasteiger charge is 2.22. The van der Waals surface area contributed by atoms with Gasteiger partial charge in [-0.05, 0) is 30.5 Å². The van der Waals surface area contributed by atoms with E-state index in [0.717, 1.165) is 31.2 Å². The van der Waals surface area contributed by atoms with Crippen LogP contribution in [-0.2, 0) is 0 Å². The van der Waals surface area contributed by atoms with Crippen LogP contribution in [0, 0.1) is 6.92 Å². The molecule has 1 aliphatic heterocycles. The Balaban J connectivity index is 2.12. The van der Waals surface area contributed by atoms with Crippen LogP contribution >= 0.6 is 11.6 Å². The van der Waals surface area contributed by atoms with Crippen molar-refractivity contribution in [3.63, 3.8) is 0 Å². The van der Waals surface area contributed by atoms with Crippen LogP contribution in [0.2, 0.25) is 5.02 Å². The van der Waals surface area contributed by atoms with E-state index in [4.69, 9.17) is 11.6 Å². The Bertz CT molecular complexity index is 413. The molecule has 1 aromatic rings. The summed E-state index contributed by atoms with van der Waals surface area (Å²) in [5.74, 6) is 0. The van der Waals surface area contributed by atoms with Gasteiger partial charge in [-0.3, -0.25) is 4.90 Å². The summed E-state index contributed by atoms with van der Waals surface area (Å²) in [6.45, 7) is 8.82. The molecule has 2 nitrogen and oxygen atoms in total. The quantitative estimate of drug-likeness (QED) is 0.792. The van der Waals surface area contributed by atoms with E-state index in [-0.39, 0.29) is 0 Å². The number of nitrogens with one attached hydrogen (secondary N) is 1. The zero-order chi connectivity index (χ0) is 14.4. The van der Waals surface area contributed by atoms with Gasteiger partial charge in [0.1, 0.15) is 0 Å². The van der Waals surface area contributed by atoms with Crippen LogP contribution in [0.15, 0.2) is 18.2 Å². The van der Waals surface area contributed by atoms with Crippen molar-refractivity contribution in [2.75, 3.05) is 26.2 Å². The summed E-state index contributed by atoms with van der Waals surface area (Å²) in [7, 11) is 0. The molecule has 1 atom stereocenters. The highest BCUT2D eigenvalue weighted by molar-refractivity contribution is 6.31. The topological polar surface area (TPSA) is 15.3 Å². The van der Waals surface area contributed by atoms with Crippen LogP contribution in [0.3, 0.4) is 0 Å². The first-order valence-corrected chi connectivity index (χ1v) is 8.31. The molecule has 0 aliphatic carbocycles. The molecule has 0 amide bonds. The molecule has 0 unspecified atom stereocenters. The first-order chi connectivity index (χ1) is 9.72. The van der Waals surface area contributed by atoms with Crippen LogP contribution < -0.4 is 5.32 Å². The molecule has 1 heterocycles. The second-order valence-electron chi connectivity index (χ2n) is 5.81. The molecule has 2 rings (SSSR count). The summed E-state index contributed by atoms with van der Waals surface area (Å²) in [5, 5.41) is 4.34. The lowest BCUT2D eigenvalue weighted by Gasteiger charge is -2.35. The fourth-order valence-electron chi connectivity index (χ4n) is 2.96. The average Bonchev–Trinajstić information content (AvgIpc) is 2.48. The van der Waals surface area contributed by atoms with Crippen molar-refractivity contribution in [1.29, 1.82) is 0 Å². The molecule has 1 aromatic carbocycles. The minimum atomic E-state index is 0.529. The Labute approximate surface area is 128 Å². The van der Waals surface area contributed by atoms with Crippen molar-refractivity contribution in [2.45, 2.75) is 45.6 Å². The lowest BCUT2D eigenvalue weighted by Crippen LogP contribution is -2.45. The van der Waals surface area contributed by atoms with Crippen LogP contribution in [0.1, 0.15) is 49.8 Å². The third-order valence-corrected chi connectivity index (χ3v) is 4.66. The molecule has 0 saturated carbocycles. The predicted octanol–water partition coefficient (Wildman–Crippen LogP) is 4.18. The van der Waals surface area contributed by atoms with Crippen LogP contribution in [0.4, 0.5) is 0 Å². The Morgan fingerprint density at radius 1 is 1.25 bits per heavy atom. The normalized spacial score (nSPS) is 18.1. The van der Waals surface area contributed by atoms with Crippen LogP contribution in [0.25, 0.3) is 0 Å². The summed E-state index contributed by atoms with van der Waals surface area (Å²) in [5.41, 5.74) is 2.56. The van der Waals surface area contributed by atoms with Gasteiger partial charge >= 0.3 is 0 Å². The molecule has 112 valence electrons. The highest BCUT2D eigenvalue weighted by Crippen LogP contribution is 2.30. The minimum absolute atomic E-state index is 0.529. The molecular weight excluding hydrogens is 268 g/mol. The van der Waals surface area contributed by atoms with E-state index in [2.05, 4.69) is 42.3 Å². The molecule has 0 aromatic heterocycles. The predicted molar refractivity (Wildman–Crippen MR) is 87.5 cm³/mol. The van der Waals surface area contributed by atoms with E-state index < -0.39 is 0 Å². The van der Waals surface area contributed by atoms with Gasteiger partial charge in [-0.2, -0.15) is 0 Å². The maximum Gasteiger partial charge on any atom is 0.0438 e. The molecule has 0 radical (unpaired) electrons. The highest BCUT2D eigenvalue weighted by atomic mass is 35.5. The largest absolute Gasteiger partial charge is 0.314 e. The van der Waals surface area contributed by atoms with Crippen molar-refractivity contribution < 1.29 is 0 Å². The SMILES string of the molecule is CCCCC[C@@H](c1ccc(C)c(Cl)c1)N1CCNCC1. The summed E-state index contributed by atoms with van der Waals surface area (Å²) in [6.07, 6.45) is 5.15. The number of halogens is 1. The smallest absolute Gasteiger partial charge is 0.0438 e. The molecular formula is C17H27ClN2. The van der Waals surface area contributed by atoms with E-state index in [1.165, 1.54) is 36.8 Å². The number of rotatable bonds is 6. The van der Waals surface area contributed by atoms with E-state index in [1.54, 1.807) is 0 Å². The summed E-state index contributed by atoms with van der Waals surface area (Å²) < 4.78 is 0. The number of piperazine rings is 1. The number of hydrogen-bond donors (Lipinski definition) is 1. The van der Waals surface area contributed by atoms with Crippen molar-refractivity contribution in [3.05, 3.63) is 34.3 Å². The lowest BCUT2D eigenvalue weighted by atomic mass is 9.97. The Morgan fingerprint density at radius 3 is 2.65 bits per heavy atom. The zero-order valence-electron chi connectivity index (χ0n) is 12.8. The maximum absolute atomic E-state index is 6.33. The molecule has 1 aliphatic rings. The summed E-state index contributed by atoms with van der Waals surface area (Å²) >= 11 is 6.33. The Hall–Kier alpha value is -0.570. The number of aryl methyl sites for hydroxylation is 1. The number of unbranched alkanes of at least 4 members (excludes halogenated alkanes) is 2. The third-order valence-electron chi connectivity index (χ3n) is 4.25. The molecule has 20 heavy (non-hydrogen) atoms. The number of benzene rings is 1. The third kappa shape index (κ3) is 4.21. The zero-order valence-corrected chi connectivity index (χ0v) is 13.5. The van der Waals surface area contributed by atoms with Gasteiger partial charge in [0.25, 0.3) is 0 Å². The standard InChI is InChI=1S/C17H27ClN2/c1-3-4-5-6-17(20-11-9-19-10-12-20)15-8-7-14(2)16(18)13-15/h7-8,13,17,19H,3-6,9-12H2,1-2H3/t17-/m0/s1. The summed E-state index contributed by atoms with van der Waals surface area (Å²) in [4.78, 5) is 2.62. The molecule has 1 N–H and O–H groups in total. The van der Waals surface area contributed by atoms with Gasteiger partial charge in [-0.1, -0.05) is 49.9 Å². The molecule has 0 spiro atoms. The van der Waals surface area contributed by atoms with E-state index in [1.807, 2.05) is 0 Å². The van der Waals surface area contributed by atoms with E-state index in [9.17, 15) is 0 Å². The van der Waals surface area contributed by atoms with Gasteiger partial charge in [0.05, 0.1) is 0 Å². The van der Waals surface area contributed by atoms with Gasteiger partial charge in [0.15, 0.2) is 0 Å². The first-order valence-electron chi connectivity index (χ1n) is 7.93. The minimum Gasteiger partial charge on any atom is -0.314 e. The van der Waals surface area contributed by atoms with E-state index >= 15 is 0 Å². The fourth-order valence-corrected chi connectivity index (χ4v) is 3.15. The first kappa shape index (κ1) is 15.8. The lowest BCUT2D eigenvalue weighted by molar-refractivity contribution is 0.162. The van der Waals surface area contributed by atoms with Crippen LogP contribution in [0.5, 0.6) is 0 Å². The van der Waals surface area contributed by atoms with Crippen LogP contribution in [-0.4, -0.2) is 31.1 Å². The second kappa shape index (κ2) is 8.02. The van der Waals surface area contributed by atoms with Crippen molar-refractivity contribution in [3.8, 4) is 0 Å². The molecule has 1 fully saturated rings. The Kier molecular flexibility index (Phi) is 6.34. The number of hydrogen-bond acceptors (Lipinski definition) is 2. The summed E-state index contributed by atoms with van der Waals surface area (Å²) in [6, 6.07) is 7.13. The van der Waals surface area contributed by atoms with Crippen molar-refractivity contribution >= 4 is 11.6 Å². The average molecular weight is 295 g/mol. The van der Waals surface area contributed by atoms with Crippen molar-refractivity contribution in [1.82, 2.24) is 10.2 Å². The molecule has 1 saturated heterocycles. The van der Waals surface area contributed by atoms with Gasteiger partial charge in [0.2, 0.25) is 0 Å². The van der Waals surface area contributed by atoms with Gasteiger partial charge in [-0.15, -0.1) is 0 Å². The second-order valence-corrected chi connectivity index (χ2v) is 6.21. The van der Waals surface area contributed by atoms with Gasteiger partial charge in [-0.25, -0.2) is 0 Å². The molecule has 0 bridgehead atoms. The van der Waals surface area contributed by atoms with Gasteiger partial charge in [0, 0.05) is 37.2 Å². The van der Waals surface area contributed by atoms with E-state index in [0.29, 0.717) is 6.04 Å². The van der Waals surface area contributed by atoms with Crippen molar-refractivity contribution in [2.24, 2.45) is 0 Å².